The van der Waals surface area contributed by atoms with Gasteiger partial charge in [0.2, 0.25) is 0 Å². The molecule has 7 heteroatoms. The third kappa shape index (κ3) is 3.35. The number of halogens is 2. The van der Waals surface area contributed by atoms with E-state index in [0.717, 1.165) is 5.56 Å². The van der Waals surface area contributed by atoms with E-state index in [9.17, 15) is 8.42 Å². The molecule has 0 spiro atoms. The van der Waals surface area contributed by atoms with Gasteiger partial charge in [0.15, 0.2) is 9.84 Å². The highest BCUT2D eigenvalue weighted by molar-refractivity contribution is 7.91. The summed E-state index contributed by atoms with van der Waals surface area (Å²) in [5, 5.41) is 0.925. The minimum atomic E-state index is -2.89. The molecule has 1 saturated heterocycles. The summed E-state index contributed by atoms with van der Waals surface area (Å²) in [5.74, 6) is 0.404. The third-order valence-electron chi connectivity index (χ3n) is 3.08. The smallest absolute Gasteiger partial charge is 0.153 e. The number of pyridine rings is 1. The summed E-state index contributed by atoms with van der Waals surface area (Å²) in [6.45, 7) is 3.04. The third-order valence-corrected chi connectivity index (χ3v) is 5.43. The second-order valence-electron chi connectivity index (χ2n) is 4.53. The first-order chi connectivity index (χ1) is 8.37. The van der Waals surface area contributed by atoms with Crippen molar-refractivity contribution < 1.29 is 8.42 Å². The minimum Gasteiger partial charge on any atom is -0.294 e. The van der Waals surface area contributed by atoms with Gasteiger partial charge in [-0.1, -0.05) is 23.2 Å². The van der Waals surface area contributed by atoms with Gasteiger partial charge in [0.25, 0.3) is 0 Å². The summed E-state index contributed by atoms with van der Waals surface area (Å²) in [7, 11) is -2.89. The van der Waals surface area contributed by atoms with Crippen molar-refractivity contribution in [2.24, 2.45) is 0 Å². The van der Waals surface area contributed by atoms with Crippen molar-refractivity contribution >= 4 is 33.0 Å². The van der Waals surface area contributed by atoms with Crippen LogP contribution >= 0.6 is 23.2 Å². The van der Waals surface area contributed by atoms with E-state index >= 15 is 0 Å². The average molecular weight is 309 g/mol. The van der Waals surface area contributed by atoms with Crippen LogP contribution in [0.15, 0.2) is 12.3 Å². The van der Waals surface area contributed by atoms with Crippen LogP contribution in [0.3, 0.4) is 0 Å². The number of hydrogen-bond donors (Lipinski definition) is 0. The van der Waals surface area contributed by atoms with Crippen molar-refractivity contribution in [2.45, 2.75) is 19.5 Å². The zero-order valence-electron chi connectivity index (χ0n) is 9.94. The van der Waals surface area contributed by atoms with Crippen molar-refractivity contribution in [1.82, 2.24) is 9.88 Å². The number of rotatable bonds is 2. The maximum Gasteiger partial charge on any atom is 0.153 e. The second-order valence-corrected chi connectivity index (χ2v) is 7.56. The molecule has 0 amide bonds. The molecule has 1 fully saturated rings. The number of aromatic nitrogens is 1. The maximum absolute atomic E-state index is 11.5. The molecule has 100 valence electrons. The first-order valence-electron chi connectivity index (χ1n) is 5.62. The van der Waals surface area contributed by atoms with Gasteiger partial charge in [0, 0.05) is 35.9 Å². The molecule has 0 N–H and O–H groups in total. The molecular weight excluding hydrogens is 295 g/mol. The monoisotopic (exact) mass is 308 g/mol. The summed E-state index contributed by atoms with van der Waals surface area (Å²) >= 11 is 11.8. The Morgan fingerprint density at radius 1 is 1.50 bits per heavy atom. The summed E-state index contributed by atoms with van der Waals surface area (Å²) in [6, 6.07) is 1.60. The van der Waals surface area contributed by atoms with Crippen molar-refractivity contribution in [3.05, 3.63) is 28.0 Å². The molecule has 4 nitrogen and oxygen atoms in total. The minimum absolute atomic E-state index is 0.00417. The number of nitrogens with zero attached hydrogens (tertiary/aromatic N) is 2. The van der Waals surface area contributed by atoms with Crippen LogP contribution in [0.1, 0.15) is 12.5 Å². The highest BCUT2D eigenvalue weighted by Crippen LogP contribution is 2.22. The lowest BCUT2D eigenvalue weighted by Gasteiger charge is -2.33. The summed E-state index contributed by atoms with van der Waals surface area (Å²) in [5.41, 5.74) is 0.868. The Labute approximate surface area is 117 Å². The summed E-state index contributed by atoms with van der Waals surface area (Å²) < 4.78 is 23.0. The predicted octanol–water partition coefficient (Wildman–Crippen LogP) is 2.01. The van der Waals surface area contributed by atoms with E-state index < -0.39 is 9.84 Å². The Morgan fingerprint density at radius 2 is 2.22 bits per heavy atom. The van der Waals surface area contributed by atoms with Crippen LogP contribution in [0.2, 0.25) is 10.2 Å². The molecule has 2 heterocycles. The molecule has 0 saturated carbocycles. The van der Waals surface area contributed by atoms with Crippen LogP contribution in [0.5, 0.6) is 0 Å². The quantitative estimate of drug-likeness (QED) is 0.784. The largest absolute Gasteiger partial charge is 0.294 e. The van der Waals surface area contributed by atoms with E-state index in [1.807, 2.05) is 6.92 Å². The number of hydrogen-bond acceptors (Lipinski definition) is 4. The van der Waals surface area contributed by atoms with E-state index in [4.69, 9.17) is 23.2 Å². The molecule has 1 unspecified atom stereocenters. The van der Waals surface area contributed by atoms with Gasteiger partial charge in [0.1, 0.15) is 5.15 Å². The van der Waals surface area contributed by atoms with Gasteiger partial charge in [-0.15, -0.1) is 0 Å². The molecule has 0 radical (unpaired) electrons. The van der Waals surface area contributed by atoms with E-state index in [2.05, 4.69) is 9.88 Å². The van der Waals surface area contributed by atoms with E-state index in [-0.39, 0.29) is 17.5 Å². The van der Waals surface area contributed by atoms with Gasteiger partial charge >= 0.3 is 0 Å². The van der Waals surface area contributed by atoms with Crippen LogP contribution in [0, 0.1) is 0 Å². The van der Waals surface area contributed by atoms with Crippen molar-refractivity contribution in [1.29, 1.82) is 0 Å². The maximum atomic E-state index is 11.5. The van der Waals surface area contributed by atoms with Crippen LogP contribution < -0.4 is 0 Å². The zero-order valence-corrected chi connectivity index (χ0v) is 12.3. The highest BCUT2D eigenvalue weighted by Gasteiger charge is 2.28. The van der Waals surface area contributed by atoms with Crippen molar-refractivity contribution in [2.75, 3.05) is 18.1 Å². The highest BCUT2D eigenvalue weighted by atomic mass is 35.5. The van der Waals surface area contributed by atoms with Crippen molar-refractivity contribution in [3.8, 4) is 0 Å². The van der Waals surface area contributed by atoms with Gasteiger partial charge in [-0.3, -0.25) is 4.90 Å². The fourth-order valence-electron chi connectivity index (χ4n) is 2.04. The molecule has 0 aromatic carbocycles. The molecule has 0 aliphatic carbocycles. The Kier molecular flexibility index (Phi) is 4.16. The first kappa shape index (κ1) is 14.1. The Bertz CT molecular complexity index is 548. The topological polar surface area (TPSA) is 50.3 Å². The lowest BCUT2D eigenvalue weighted by atomic mass is 10.2. The SMILES string of the molecule is CC1CS(=O)(=O)CCN1Cc1cnc(Cl)cc1Cl. The second kappa shape index (κ2) is 5.33. The molecule has 1 aliphatic heterocycles. The molecule has 0 bridgehead atoms. The standard InChI is InChI=1S/C11H14Cl2N2O2S/c1-8-7-18(16,17)3-2-15(8)6-9-5-14-11(13)4-10(9)12/h4-5,8H,2-3,6-7H2,1H3. The van der Waals surface area contributed by atoms with Crippen LogP contribution in [0.4, 0.5) is 0 Å². The Morgan fingerprint density at radius 3 is 2.83 bits per heavy atom. The molecule has 1 aromatic heterocycles. The molecule has 1 atom stereocenters. The van der Waals surface area contributed by atoms with Crippen LogP contribution in [-0.2, 0) is 16.4 Å². The van der Waals surface area contributed by atoms with E-state index in [1.54, 1.807) is 12.3 Å². The van der Waals surface area contributed by atoms with Crippen molar-refractivity contribution in [3.63, 3.8) is 0 Å². The predicted molar refractivity (Wildman–Crippen MR) is 72.8 cm³/mol. The van der Waals surface area contributed by atoms with Gasteiger partial charge < -0.3 is 0 Å². The fourth-order valence-corrected chi connectivity index (χ4v) is 4.09. The summed E-state index contributed by atoms with van der Waals surface area (Å²) in [6.07, 6.45) is 1.64. The molecule has 2 rings (SSSR count). The lowest BCUT2D eigenvalue weighted by Crippen LogP contribution is -2.46. The zero-order chi connectivity index (χ0) is 13.3. The van der Waals surface area contributed by atoms with Gasteiger partial charge in [-0.2, -0.15) is 0 Å². The van der Waals surface area contributed by atoms with Crippen LogP contribution in [-0.4, -0.2) is 42.4 Å². The first-order valence-corrected chi connectivity index (χ1v) is 8.19. The normalized spacial score (nSPS) is 24.1. The lowest BCUT2D eigenvalue weighted by molar-refractivity contribution is 0.218. The Hall–Kier alpha value is -0.360. The van der Waals surface area contributed by atoms with E-state index in [1.165, 1.54) is 0 Å². The molecule has 1 aromatic rings. The number of sulfone groups is 1. The molecule has 18 heavy (non-hydrogen) atoms. The average Bonchev–Trinajstić information content (AvgIpc) is 2.24. The molecule has 1 aliphatic rings. The van der Waals surface area contributed by atoms with Gasteiger partial charge in [-0.25, -0.2) is 13.4 Å². The molecular formula is C11H14Cl2N2O2S. The Balaban J connectivity index is 2.10. The van der Waals surface area contributed by atoms with Gasteiger partial charge in [0.05, 0.1) is 11.5 Å². The fraction of sp³-hybridized carbons (Fsp3) is 0.545. The van der Waals surface area contributed by atoms with E-state index in [0.29, 0.717) is 23.3 Å². The van der Waals surface area contributed by atoms with Crippen LogP contribution in [0.25, 0.3) is 0 Å². The summed E-state index contributed by atoms with van der Waals surface area (Å²) in [4.78, 5) is 6.09. The van der Waals surface area contributed by atoms with Gasteiger partial charge in [-0.05, 0) is 13.0 Å².